The lowest BCUT2D eigenvalue weighted by Crippen LogP contribution is -2.10. The minimum absolute atomic E-state index is 0.0384. The molecule has 0 fully saturated rings. The van der Waals surface area contributed by atoms with Crippen LogP contribution in [0.2, 0.25) is 0 Å². The number of hydrogen-bond acceptors (Lipinski definition) is 3. The van der Waals surface area contributed by atoms with Crippen LogP contribution in [0, 0.1) is 23.0 Å². The molecule has 0 bridgehead atoms. The SMILES string of the molecule is N#Cc1ccccc1OCCOc1ccc(F)cc1F. The summed E-state index contributed by atoms with van der Waals surface area (Å²) in [5.74, 6) is -1.02. The van der Waals surface area contributed by atoms with E-state index in [2.05, 4.69) is 0 Å². The lowest BCUT2D eigenvalue weighted by molar-refractivity contribution is 0.211. The molecule has 0 aliphatic carbocycles. The lowest BCUT2D eigenvalue weighted by Gasteiger charge is -2.09. The molecule has 20 heavy (non-hydrogen) atoms. The van der Waals surface area contributed by atoms with Crippen molar-refractivity contribution in [2.45, 2.75) is 0 Å². The minimum atomic E-state index is -0.762. The maximum absolute atomic E-state index is 13.3. The van der Waals surface area contributed by atoms with Crippen LogP contribution in [0.15, 0.2) is 42.5 Å². The standard InChI is InChI=1S/C15H11F2NO2/c16-12-5-6-15(13(17)9-12)20-8-7-19-14-4-2-1-3-11(14)10-18/h1-6,9H,7-8H2. The van der Waals surface area contributed by atoms with Gasteiger partial charge in [-0.25, -0.2) is 8.78 Å². The van der Waals surface area contributed by atoms with E-state index in [0.717, 1.165) is 12.1 Å². The smallest absolute Gasteiger partial charge is 0.167 e. The third kappa shape index (κ3) is 3.45. The van der Waals surface area contributed by atoms with Crippen LogP contribution in [0.4, 0.5) is 8.78 Å². The van der Waals surface area contributed by atoms with E-state index >= 15 is 0 Å². The van der Waals surface area contributed by atoms with E-state index in [1.54, 1.807) is 24.3 Å². The summed E-state index contributed by atoms with van der Waals surface area (Å²) in [4.78, 5) is 0. The summed E-state index contributed by atoms with van der Waals surface area (Å²) >= 11 is 0. The van der Waals surface area contributed by atoms with Gasteiger partial charge in [-0.3, -0.25) is 0 Å². The fourth-order valence-electron chi connectivity index (χ4n) is 1.58. The summed E-state index contributed by atoms with van der Waals surface area (Å²) in [5.41, 5.74) is 0.417. The van der Waals surface area contributed by atoms with Crippen LogP contribution in [-0.4, -0.2) is 13.2 Å². The maximum Gasteiger partial charge on any atom is 0.167 e. The number of benzene rings is 2. The second-order valence-electron chi connectivity index (χ2n) is 3.88. The molecule has 0 aliphatic heterocycles. The lowest BCUT2D eigenvalue weighted by atomic mass is 10.2. The molecule has 5 heteroatoms. The first-order valence-electron chi connectivity index (χ1n) is 5.90. The Hall–Kier alpha value is -2.61. The minimum Gasteiger partial charge on any atom is -0.489 e. The first-order chi connectivity index (χ1) is 9.70. The Bertz CT molecular complexity index is 638. The monoisotopic (exact) mass is 275 g/mol. The topological polar surface area (TPSA) is 42.2 Å². The molecule has 0 aliphatic rings. The molecule has 0 amide bonds. The third-order valence-electron chi connectivity index (χ3n) is 2.50. The molecule has 0 saturated carbocycles. The van der Waals surface area contributed by atoms with Gasteiger partial charge in [0.2, 0.25) is 0 Å². The fraction of sp³-hybridized carbons (Fsp3) is 0.133. The van der Waals surface area contributed by atoms with Crippen molar-refractivity contribution in [2.24, 2.45) is 0 Å². The van der Waals surface area contributed by atoms with Crippen LogP contribution in [0.5, 0.6) is 11.5 Å². The first kappa shape index (κ1) is 13.8. The van der Waals surface area contributed by atoms with E-state index in [9.17, 15) is 8.78 Å². The van der Waals surface area contributed by atoms with Crippen LogP contribution in [0.3, 0.4) is 0 Å². The van der Waals surface area contributed by atoms with E-state index in [1.165, 1.54) is 6.07 Å². The van der Waals surface area contributed by atoms with Crippen molar-refractivity contribution in [1.82, 2.24) is 0 Å². The third-order valence-corrected chi connectivity index (χ3v) is 2.50. The van der Waals surface area contributed by atoms with Crippen molar-refractivity contribution in [3.63, 3.8) is 0 Å². The van der Waals surface area contributed by atoms with Gasteiger partial charge in [0.1, 0.15) is 30.8 Å². The van der Waals surface area contributed by atoms with Crippen molar-refractivity contribution < 1.29 is 18.3 Å². The Kier molecular flexibility index (Phi) is 4.51. The molecule has 2 rings (SSSR count). The fourth-order valence-corrected chi connectivity index (χ4v) is 1.58. The van der Waals surface area contributed by atoms with Gasteiger partial charge in [-0.2, -0.15) is 5.26 Å². The summed E-state index contributed by atoms with van der Waals surface area (Å²) in [7, 11) is 0. The summed E-state index contributed by atoms with van der Waals surface area (Å²) in [6, 6.07) is 11.9. The highest BCUT2D eigenvalue weighted by Gasteiger charge is 2.05. The number of ether oxygens (including phenoxy) is 2. The molecule has 3 nitrogen and oxygen atoms in total. The molecule has 0 radical (unpaired) electrons. The molecular weight excluding hydrogens is 264 g/mol. The van der Waals surface area contributed by atoms with Gasteiger partial charge in [-0.15, -0.1) is 0 Å². The van der Waals surface area contributed by atoms with E-state index in [0.29, 0.717) is 11.3 Å². The maximum atomic E-state index is 13.3. The first-order valence-corrected chi connectivity index (χ1v) is 5.90. The van der Waals surface area contributed by atoms with E-state index < -0.39 is 11.6 Å². The molecule has 102 valence electrons. The summed E-state index contributed by atoms with van der Waals surface area (Å²) in [6.07, 6.45) is 0. The van der Waals surface area contributed by atoms with E-state index in [4.69, 9.17) is 14.7 Å². The molecular formula is C15H11F2NO2. The van der Waals surface area contributed by atoms with Gasteiger partial charge < -0.3 is 9.47 Å². The Morgan fingerprint density at radius 2 is 1.65 bits per heavy atom. The number of para-hydroxylation sites is 1. The zero-order valence-electron chi connectivity index (χ0n) is 10.5. The zero-order chi connectivity index (χ0) is 14.4. The molecule has 2 aromatic rings. The summed E-state index contributed by atoms with van der Waals surface area (Å²) in [5, 5.41) is 8.87. The molecule has 0 heterocycles. The average Bonchev–Trinajstić information content (AvgIpc) is 2.46. The Balaban J connectivity index is 1.86. The van der Waals surface area contributed by atoms with Crippen LogP contribution in [-0.2, 0) is 0 Å². The molecule has 0 spiro atoms. The highest BCUT2D eigenvalue weighted by Crippen LogP contribution is 2.18. The molecule has 0 N–H and O–H groups in total. The number of nitriles is 1. The zero-order valence-corrected chi connectivity index (χ0v) is 10.5. The average molecular weight is 275 g/mol. The molecule has 0 atom stereocenters. The number of nitrogens with zero attached hydrogens (tertiary/aromatic N) is 1. The van der Waals surface area contributed by atoms with Gasteiger partial charge >= 0.3 is 0 Å². The predicted octanol–water partition coefficient (Wildman–Crippen LogP) is 3.29. The van der Waals surface area contributed by atoms with E-state index in [-0.39, 0.29) is 19.0 Å². The number of rotatable bonds is 5. The van der Waals surface area contributed by atoms with Crippen LogP contribution in [0.25, 0.3) is 0 Å². The normalized spacial score (nSPS) is 9.85. The van der Waals surface area contributed by atoms with Crippen molar-refractivity contribution in [3.05, 3.63) is 59.7 Å². The van der Waals surface area contributed by atoms with Gasteiger partial charge in [-0.1, -0.05) is 12.1 Å². The highest BCUT2D eigenvalue weighted by atomic mass is 19.1. The van der Waals surface area contributed by atoms with Crippen molar-refractivity contribution in [3.8, 4) is 17.6 Å². The van der Waals surface area contributed by atoms with Gasteiger partial charge in [0.15, 0.2) is 11.6 Å². The molecule has 2 aromatic carbocycles. The predicted molar refractivity (Wildman–Crippen MR) is 68.5 cm³/mol. The van der Waals surface area contributed by atoms with Crippen molar-refractivity contribution in [1.29, 1.82) is 5.26 Å². The van der Waals surface area contributed by atoms with Gasteiger partial charge in [0, 0.05) is 6.07 Å². The van der Waals surface area contributed by atoms with Crippen LogP contribution in [0.1, 0.15) is 5.56 Å². The Morgan fingerprint density at radius 3 is 2.35 bits per heavy atom. The second kappa shape index (κ2) is 6.53. The Morgan fingerprint density at radius 1 is 0.950 bits per heavy atom. The van der Waals surface area contributed by atoms with E-state index in [1.807, 2.05) is 6.07 Å². The van der Waals surface area contributed by atoms with Crippen molar-refractivity contribution >= 4 is 0 Å². The van der Waals surface area contributed by atoms with Crippen LogP contribution < -0.4 is 9.47 Å². The van der Waals surface area contributed by atoms with Gasteiger partial charge in [0.25, 0.3) is 0 Å². The summed E-state index contributed by atoms with van der Waals surface area (Å²) in [6.45, 7) is 0.234. The molecule has 0 unspecified atom stereocenters. The molecule has 0 aromatic heterocycles. The second-order valence-corrected chi connectivity index (χ2v) is 3.88. The summed E-state index contributed by atoms with van der Waals surface area (Å²) < 4.78 is 36.5. The quantitative estimate of drug-likeness (QED) is 0.786. The largest absolute Gasteiger partial charge is 0.489 e. The molecule has 0 saturated heterocycles. The van der Waals surface area contributed by atoms with Crippen LogP contribution >= 0.6 is 0 Å². The Labute approximate surface area is 115 Å². The van der Waals surface area contributed by atoms with Gasteiger partial charge in [0.05, 0.1) is 5.56 Å². The number of hydrogen-bond donors (Lipinski definition) is 0. The number of halogens is 2. The van der Waals surface area contributed by atoms with Gasteiger partial charge in [-0.05, 0) is 24.3 Å². The van der Waals surface area contributed by atoms with Crippen molar-refractivity contribution in [2.75, 3.05) is 13.2 Å². The highest BCUT2D eigenvalue weighted by molar-refractivity contribution is 5.42.